The van der Waals surface area contributed by atoms with Gasteiger partial charge in [0.1, 0.15) is 0 Å². The summed E-state index contributed by atoms with van der Waals surface area (Å²) in [7, 11) is 2.06. The van der Waals surface area contributed by atoms with Crippen molar-refractivity contribution in [2.75, 3.05) is 7.05 Å². The Morgan fingerprint density at radius 1 is 1.12 bits per heavy atom. The van der Waals surface area contributed by atoms with Crippen molar-refractivity contribution in [2.45, 2.75) is 52.5 Å². The van der Waals surface area contributed by atoms with E-state index in [4.69, 9.17) is 0 Å². The third-order valence-electron chi connectivity index (χ3n) is 3.20. The molecule has 1 rings (SSSR count). The third-order valence-corrected chi connectivity index (χ3v) is 3.20. The molecule has 1 atom stereocenters. The second-order valence-corrected chi connectivity index (χ2v) is 4.78. The van der Waals surface area contributed by atoms with Crippen LogP contribution in [-0.2, 0) is 6.42 Å². The smallest absolute Gasteiger partial charge is 0.00615 e. The molecule has 1 aromatic rings. The van der Waals surface area contributed by atoms with Crippen LogP contribution in [0.3, 0.4) is 0 Å². The summed E-state index contributed by atoms with van der Waals surface area (Å²) < 4.78 is 0. The Hall–Kier alpha value is -0.820. The number of nitrogens with one attached hydrogen (secondary N) is 1. The van der Waals surface area contributed by atoms with Gasteiger partial charge in [0.15, 0.2) is 0 Å². The van der Waals surface area contributed by atoms with Crippen molar-refractivity contribution in [1.82, 2.24) is 5.32 Å². The maximum Gasteiger partial charge on any atom is 0.00615 e. The van der Waals surface area contributed by atoms with Gasteiger partial charge in [-0.05, 0) is 52.1 Å². The molecule has 0 fully saturated rings. The molecule has 1 aromatic carbocycles. The van der Waals surface area contributed by atoms with Gasteiger partial charge in [0, 0.05) is 6.04 Å². The molecule has 0 heterocycles. The Bertz CT molecular complexity index is 293. The predicted molar refractivity (Wildman–Crippen MR) is 72.0 cm³/mol. The van der Waals surface area contributed by atoms with Crippen LogP contribution in [0, 0.1) is 13.8 Å². The van der Waals surface area contributed by atoms with Gasteiger partial charge >= 0.3 is 0 Å². The zero-order valence-corrected chi connectivity index (χ0v) is 11.1. The summed E-state index contributed by atoms with van der Waals surface area (Å²) in [5.74, 6) is 0. The zero-order chi connectivity index (χ0) is 12.0. The molecule has 0 radical (unpaired) electrons. The first-order valence-corrected chi connectivity index (χ1v) is 6.40. The molecule has 0 aliphatic carbocycles. The monoisotopic (exact) mass is 219 g/mol. The van der Waals surface area contributed by atoms with Crippen molar-refractivity contribution < 1.29 is 0 Å². The number of aryl methyl sites for hydroxylation is 3. The summed E-state index contributed by atoms with van der Waals surface area (Å²) in [4.78, 5) is 0. The Morgan fingerprint density at radius 3 is 2.25 bits per heavy atom. The lowest BCUT2D eigenvalue weighted by Crippen LogP contribution is -2.23. The molecule has 90 valence electrons. The standard InChI is InChI=1S/C15H25N/c1-5-15(16-4)8-6-7-14-10-12(2)9-13(3)11-14/h9-11,15-16H,5-8H2,1-4H3. The highest BCUT2D eigenvalue weighted by atomic mass is 14.9. The topological polar surface area (TPSA) is 12.0 Å². The van der Waals surface area contributed by atoms with Gasteiger partial charge in [0.25, 0.3) is 0 Å². The normalized spacial score (nSPS) is 12.8. The van der Waals surface area contributed by atoms with Gasteiger partial charge in [-0.2, -0.15) is 0 Å². The zero-order valence-electron chi connectivity index (χ0n) is 11.1. The molecular formula is C15H25N. The Morgan fingerprint density at radius 2 is 1.75 bits per heavy atom. The molecule has 0 amide bonds. The summed E-state index contributed by atoms with van der Waals surface area (Å²) in [5.41, 5.74) is 4.26. The molecule has 0 bridgehead atoms. The van der Waals surface area contributed by atoms with Crippen molar-refractivity contribution in [2.24, 2.45) is 0 Å². The van der Waals surface area contributed by atoms with Gasteiger partial charge in [-0.1, -0.05) is 36.2 Å². The number of rotatable bonds is 6. The molecule has 16 heavy (non-hydrogen) atoms. The second kappa shape index (κ2) is 6.70. The molecule has 0 aromatic heterocycles. The minimum absolute atomic E-state index is 0.686. The summed E-state index contributed by atoms with van der Waals surface area (Å²) in [5, 5.41) is 3.36. The first-order chi connectivity index (χ1) is 7.65. The van der Waals surface area contributed by atoms with Crippen LogP contribution in [0.5, 0.6) is 0 Å². The van der Waals surface area contributed by atoms with E-state index in [2.05, 4.69) is 51.3 Å². The van der Waals surface area contributed by atoms with E-state index in [0.29, 0.717) is 6.04 Å². The van der Waals surface area contributed by atoms with Crippen LogP contribution in [0.25, 0.3) is 0 Å². The Balaban J connectivity index is 2.42. The second-order valence-electron chi connectivity index (χ2n) is 4.78. The Labute approximate surface area is 100 Å². The van der Waals surface area contributed by atoms with Crippen LogP contribution in [0.15, 0.2) is 18.2 Å². The molecular weight excluding hydrogens is 194 g/mol. The van der Waals surface area contributed by atoms with Gasteiger partial charge in [0.05, 0.1) is 0 Å². The van der Waals surface area contributed by atoms with Gasteiger partial charge in [-0.25, -0.2) is 0 Å². The average Bonchev–Trinajstić information content (AvgIpc) is 2.23. The average molecular weight is 219 g/mol. The van der Waals surface area contributed by atoms with Crippen molar-refractivity contribution >= 4 is 0 Å². The molecule has 0 saturated carbocycles. The van der Waals surface area contributed by atoms with E-state index in [0.717, 1.165) is 0 Å². The lowest BCUT2D eigenvalue weighted by Gasteiger charge is -2.13. The maximum absolute atomic E-state index is 3.36. The summed E-state index contributed by atoms with van der Waals surface area (Å²) in [6.07, 6.45) is 4.99. The Kier molecular flexibility index (Phi) is 5.54. The predicted octanol–water partition coefficient (Wildman–Crippen LogP) is 3.62. The van der Waals surface area contributed by atoms with Gasteiger partial charge < -0.3 is 5.32 Å². The fourth-order valence-corrected chi connectivity index (χ4v) is 2.32. The molecule has 0 spiro atoms. The van der Waals surface area contributed by atoms with E-state index in [1.807, 2.05) is 0 Å². The van der Waals surface area contributed by atoms with E-state index in [1.54, 1.807) is 0 Å². The first kappa shape index (κ1) is 13.2. The molecule has 0 aliphatic heterocycles. The van der Waals surface area contributed by atoms with E-state index in [-0.39, 0.29) is 0 Å². The van der Waals surface area contributed by atoms with Crippen molar-refractivity contribution in [3.05, 3.63) is 34.9 Å². The number of benzene rings is 1. The molecule has 0 saturated heterocycles. The molecule has 1 heteroatoms. The van der Waals surface area contributed by atoms with E-state index in [1.165, 1.54) is 42.4 Å². The lowest BCUT2D eigenvalue weighted by molar-refractivity contribution is 0.492. The van der Waals surface area contributed by atoms with Crippen LogP contribution in [0.2, 0.25) is 0 Å². The van der Waals surface area contributed by atoms with Crippen molar-refractivity contribution in [3.8, 4) is 0 Å². The largest absolute Gasteiger partial charge is 0.317 e. The van der Waals surface area contributed by atoms with Gasteiger partial charge in [0.2, 0.25) is 0 Å². The molecule has 1 nitrogen and oxygen atoms in total. The lowest BCUT2D eigenvalue weighted by atomic mass is 10.0. The SMILES string of the molecule is CCC(CCCc1cc(C)cc(C)c1)NC. The van der Waals surface area contributed by atoms with E-state index < -0.39 is 0 Å². The molecule has 1 unspecified atom stereocenters. The number of hydrogen-bond acceptors (Lipinski definition) is 1. The molecule has 0 aliphatic rings. The van der Waals surface area contributed by atoms with Crippen LogP contribution in [0.4, 0.5) is 0 Å². The van der Waals surface area contributed by atoms with E-state index >= 15 is 0 Å². The fraction of sp³-hybridized carbons (Fsp3) is 0.600. The molecule has 1 N–H and O–H groups in total. The summed E-state index contributed by atoms with van der Waals surface area (Å²) >= 11 is 0. The maximum atomic E-state index is 3.36. The summed E-state index contributed by atoms with van der Waals surface area (Å²) in [6, 6.07) is 7.55. The fourth-order valence-electron chi connectivity index (χ4n) is 2.32. The van der Waals surface area contributed by atoms with Crippen LogP contribution in [-0.4, -0.2) is 13.1 Å². The highest BCUT2D eigenvalue weighted by molar-refractivity contribution is 5.28. The minimum Gasteiger partial charge on any atom is -0.317 e. The highest BCUT2D eigenvalue weighted by Gasteiger charge is 2.03. The highest BCUT2D eigenvalue weighted by Crippen LogP contribution is 2.12. The summed E-state index contributed by atoms with van der Waals surface area (Å²) in [6.45, 7) is 6.61. The van der Waals surface area contributed by atoms with Crippen molar-refractivity contribution in [3.63, 3.8) is 0 Å². The van der Waals surface area contributed by atoms with Gasteiger partial charge in [-0.15, -0.1) is 0 Å². The number of hydrogen-bond donors (Lipinski definition) is 1. The van der Waals surface area contributed by atoms with Gasteiger partial charge in [-0.3, -0.25) is 0 Å². The van der Waals surface area contributed by atoms with Crippen LogP contribution in [0.1, 0.15) is 42.9 Å². The third kappa shape index (κ3) is 4.36. The first-order valence-electron chi connectivity index (χ1n) is 6.40. The van der Waals surface area contributed by atoms with Crippen LogP contribution >= 0.6 is 0 Å². The minimum atomic E-state index is 0.686. The van der Waals surface area contributed by atoms with Crippen LogP contribution < -0.4 is 5.32 Å². The van der Waals surface area contributed by atoms with E-state index in [9.17, 15) is 0 Å². The quantitative estimate of drug-likeness (QED) is 0.770. The van der Waals surface area contributed by atoms with Crippen molar-refractivity contribution in [1.29, 1.82) is 0 Å².